The van der Waals surface area contributed by atoms with Crippen LogP contribution in [0, 0.1) is 19.1 Å². The van der Waals surface area contributed by atoms with Gasteiger partial charge in [-0.25, -0.2) is 9.59 Å². The Hall–Kier alpha value is 0.0553. The molecule has 0 aliphatic carbocycles. The van der Waals surface area contributed by atoms with E-state index in [2.05, 4.69) is 46.0 Å². The Morgan fingerprint density at radius 1 is 0.222 bits per heavy atom. The molecular formula is C66H108N12Ni2O2PtS16-8. The molecule has 0 radical (unpaired) electrons. The van der Waals surface area contributed by atoms with Gasteiger partial charge < -0.3 is 206 Å². The van der Waals surface area contributed by atoms with Gasteiger partial charge in [0.05, 0.1) is 0 Å². The predicted molar refractivity (Wildman–Crippen MR) is 437 cm³/mol. The molecule has 0 fully saturated rings. The van der Waals surface area contributed by atoms with Crippen molar-refractivity contribution in [1.29, 1.82) is 0 Å². The van der Waals surface area contributed by atoms with Crippen LogP contribution in [-0.4, -0.2) is 54.8 Å². The SMILES string of the molecule is CCCCCCCCn1c([S-])c([S-])n(CCCCCCCC)c1=S.CCCCCCCCn1c([S-])c([S-])n(CCCCCCCC)c1=S.CCCn1c([S-])c([S-])n(CCC)c1=O.CCCn1c([S-])c([S-])n(CCC)c1=O.Cn1c([S-])c([S-])n(C)c1=S.Cn1c([S-])c([S-])n(C)c1=S.[Ni].[Ni].[Pt+4]. The third kappa shape index (κ3) is 33.6. The summed E-state index contributed by atoms with van der Waals surface area (Å²) >= 11 is 83.7. The maximum absolute atomic E-state index is 11.8. The predicted octanol–water partition coefficient (Wildman–Crippen LogP) is 17.5. The van der Waals surface area contributed by atoms with E-state index in [1.165, 1.54) is 128 Å². The molecule has 33 heteroatoms. The Labute approximate surface area is 716 Å². The first-order valence-electron chi connectivity index (χ1n) is 34.5. The molecule has 0 aliphatic rings. The Morgan fingerprint density at radius 2 is 0.374 bits per heavy atom. The normalized spacial score (nSPS) is 10.5. The van der Waals surface area contributed by atoms with Gasteiger partial charge in [-0.3, -0.25) is 0 Å². The minimum Gasteiger partial charge on any atom is -0.762 e. The van der Waals surface area contributed by atoms with Crippen molar-refractivity contribution in [3.8, 4) is 0 Å². The average molecular weight is 1930 g/mol. The van der Waals surface area contributed by atoms with Crippen molar-refractivity contribution in [2.45, 2.75) is 348 Å². The largest absolute Gasteiger partial charge is 4.00 e. The number of hydrogen-bond acceptors (Lipinski definition) is 18. The van der Waals surface area contributed by atoms with E-state index < -0.39 is 0 Å². The Bertz CT molecular complexity index is 3130. The van der Waals surface area contributed by atoms with Crippen LogP contribution in [0.3, 0.4) is 0 Å². The summed E-state index contributed by atoms with van der Waals surface area (Å²) in [4.78, 5) is 23.6. The fraction of sp³-hybridized carbons (Fsp3) is 0.727. The second-order valence-corrected chi connectivity index (χ2v) is 30.0. The summed E-state index contributed by atoms with van der Waals surface area (Å²) in [7, 11) is 7.28. The van der Waals surface area contributed by atoms with Gasteiger partial charge >= 0.3 is 32.4 Å². The summed E-state index contributed by atoms with van der Waals surface area (Å²) in [5, 5.41) is 7.71. The van der Waals surface area contributed by atoms with Crippen molar-refractivity contribution >= 4 is 200 Å². The third-order valence-electron chi connectivity index (χ3n) is 16.0. The van der Waals surface area contributed by atoms with Crippen molar-refractivity contribution < 1.29 is 54.0 Å². The van der Waals surface area contributed by atoms with E-state index in [9.17, 15) is 9.59 Å². The van der Waals surface area contributed by atoms with Crippen LogP contribution < -0.4 is 11.4 Å². The summed E-state index contributed by atoms with van der Waals surface area (Å²) in [5.74, 6) is 0. The second kappa shape index (κ2) is 58.1. The molecule has 6 aromatic heterocycles. The number of imidazole rings is 6. The number of aromatic nitrogens is 12. The topological polar surface area (TPSA) is 93.3 Å². The minimum absolute atomic E-state index is 0. The van der Waals surface area contributed by atoms with Gasteiger partial charge in [0, 0.05) is 114 Å². The number of hydrogen-bond donors (Lipinski definition) is 0. The Morgan fingerprint density at radius 3 is 0.515 bits per heavy atom. The summed E-state index contributed by atoms with van der Waals surface area (Å²) in [6, 6.07) is 0. The summed E-state index contributed by atoms with van der Waals surface area (Å²) in [6.07, 6.45) is 34.4. The molecule has 6 rings (SSSR count). The molecule has 0 bridgehead atoms. The molecule has 0 aromatic carbocycles. The summed E-state index contributed by atoms with van der Waals surface area (Å²) in [6.45, 7) is 23.4. The van der Waals surface area contributed by atoms with Gasteiger partial charge in [0.1, 0.15) is 0 Å². The van der Waals surface area contributed by atoms with Gasteiger partial charge in [-0.1, -0.05) is 184 Å². The van der Waals surface area contributed by atoms with Crippen molar-refractivity contribution in [2.24, 2.45) is 28.2 Å². The second-order valence-electron chi connectivity index (χ2n) is 23.9. The maximum atomic E-state index is 11.8. The minimum atomic E-state index is -0.0521. The molecule has 99 heavy (non-hydrogen) atoms. The molecule has 0 atom stereocenters. The van der Waals surface area contributed by atoms with E-state index >= 15 is 0 Å². The molecule has 6 aromatic rings. The van der Waals surface area contributed by atoms with Crippen LogP contribution >= 0.6 is 48.9 Å². The fourth-order valence-electron chi connectivity index (χ4n) is 10.2. The first-order chi connectivity index (χ1) is 45.6. The molecule has 578 valence electrons. The molecule has 0 saturated heterocycles. The van der Waals surface area contributed by atoms with Gasteiger partial charge in [0.2, 0.25) is 0 Å². The van der Waals surface area contributed by atoms with E-state index in [0.29, 0.717) is 75.9 Å². The van der Waals surface area contributed by atoms with Gasteiger partial charge in [-0.2, -0.15) is 0 Å². The molecule has 0 unspecified atom stereocenters. The van der Waals surface area contributed by atoms with E-state index in [0.717, 1.165) is 107 Å². The van der Waals surface area contributed by atoms with Crippen LogP contribution in [0.1, 0.15) is 235 Å². The van der Waals surface area contributed by atoms with Crippen molar-refractivity contribution in [3.63, 3.8) is 0 Å². The summed E-state index contributed by atoms with van der Waals surface area (Å²) < 4.78 is 24.7. The Kier molecular flexibility index (Phi) is 60.6. The van der Waals surface area contributed by atoms with E-state index in [4.69, 9.17) is 200 Å². The van der Waals surface area contributed by atoms with Crippen LogP contribution in [-0.2, 0) is 286 Å². The molecule has 0 N–H and O–H groups in total. The van der Waals surface area contributed by atoms with Crippen molar-refractivity contribution in [3.05, 3.63) is 40.1 Å². The number of rotatable bonds is 36. The zero-order valence-electron chi connectivity index (χ0n) is 60.1. The van der Waals surface area contributed by atoms with Crippen LogP contribution in [0.2, 0.25) is 0 Å². The van der Waals surface area contributed by atoms with Crippen molar-refractivity contribution in [2.75, 3.05) is 0 Å². The first kappa shape index (κ1) is 103. The van der Waals surface area contributed by atoms with Crippen molar-refractivity contribution in [1.82, 2.24) is 54.8 Å². The zero-order chi connectivity index (χ0) is 72.8. The van der Waals surface area contributed by atoms with Gasteiger partial charge in [0.25, 0.3) is 0 Å². The first-order valence-corrected chi connectivity index (χ1v) is 41.0. The maximum Gasteiger partial charge on any atom is 4.00 e. The molecule has 0 aliphatic heterocycles. The fourth-order valence-corrected chi connectivity index (χ4v) is 15.0. The third-order valence-corrected chi connectivity index (χ3v) is 23.9. The average Bonchev–Trinajstić information content (AvgIpc) is 1.69. The quantitative estimate of drug-likeness (QED) is 0.0161. The van der Waals surface area contributed by atoms with Crippen LogP contribution in [0.15, 0.2) is 69.9 Å². The number of nitrogens with zero attached hydrogens (tertiary/aromatic N) is 12. The molecule has 0 saturated carbocycles. The van der Waals surface area contributed by atoms with Crippen LogP contribution in [0.25, 0.3) is 0 Å². The van der Waals surface area contributed by atoms with E-state index in [-0.39, 0.29) is 65.4 Å². The summed E-state index contributed by atoms with van der Waals surface area (Å²) in [5.41, 5.74) is -0.104. The van der Waals surface area contributed by atoms with Crippen LogP contribution in [0.4, 0.5) is 0 Å². The zero-order valence-corrected chi connectivity index (χ0v) is 77.4. The monoisotopic (exact) mass is 1920 g/mol. The van der Waals surface area contributed by atoms with Gasteiger partial charge in [-0.05, 0) is 100 Å². The standard InChI is InChI=1S/2C19H36N2S3.2C9H16N2OS2.2C5H8N2S3.2Ni.Pt/c2*1-3-5-7-9-11-13-15-20-17(22)18(23)21(19(20)24)16-14-12-10-8-6-4-2;2*1-3-5-10-7(13)8(14)11(6-4-2)9(10)12;2*1-6-3(8)4(9)7(2)5(6)10;;;/h2*22-23H,3-16H2,1-2H3;2*13-14H,3-6H2,1-2H3;2*8-9H,1-2H3;;;/q;;;;;;;;+4/p-12. The van der Waals surface area contributed by atoms with Gasteiger partial charge in [-0.15, -0.1) is 60.3 Å². The molecular weight excluding hydrogens is 1820 g/mol. The molecule has 14 nitrogen and oxygen atoms in total. The smallest absolute Gasteiger partial charge is 0.762 e. The van der Waals surface area contributed by atoms with Gasteiger partial charge in [0.15, 0.2) is 19.1 Å². The number of unbranched alkanes of at least 4 members (excludes halogenated alkanes) is 20. The molecule has 6 heterocycles. The van der Waals surface area contributed by atoms with Crippen LogP contribution in [0.5, 0.6) is 0 Å². The molecule has 0 spiro atoms. The van der Waals surface area contributed by atoms with E-state index in [1.807, 2.05) is 55.9 Å². The molecule has 0 amide bonds. The Balaban J connectivity index is -0.00000115. The van der Waals surface area contributed by atoms with E-state index in [1.54, 1.807) is 36.5 Å².